The van der Waals surface area contributed by atoms with Crippen LogP contribution in [0.4, 0.5) is 0 Å². The second-order valence-corrected chi connectivity index (χ2v) is 6.87. The molecule has 2 aromatic heterocycles. The molecule has 2 aliphatic rings. The van der Waals surface area contributed by atoms with Crippen LogP contribution in [0.2, 0.25) is 0 Å². The fourth-order valence-corrected chi connectivity index (χ4v) is 3.76. The first-order valence-electron chi connectivity index (χ1n) is 8.42. The Morgan fingerprint density at radius 1 is 1.26 bits per heavy atom. The Hall–Kier alpha value is -1.95. The van der Waals surface area contributed by atoms with Crippen molar-refractivity contribution in [2.75, 3.05) is 26.7 Å². The Morgan fingerprint density at radius 3 is 2.83 bits per heavy atom. The monoisotopic (exact) mass is 313 g/mol. The highest BCUT2D eigenvalue weighted by Crippen LogP contribution is 2.24. The maximum Gasteiger partial charge on any atom is 0.226 e. The van der Waals surface area contributed by atoms with Crippen LogP contribution in [0.1, 0.15) is 29.8 Å². The first kappa shape index (κ1) is 14.6. The average molecular weight is 313 g/mol. The van der Waals surface area contributed by atoms with Gasteiger partial charge in [0, 0.05) is 43.3 Å². The molecule has 122 valence electrons. The zero-order valence-electron chi connectivity index (χ0n) is 13.8. The van der Waals surface area contributed by atoms with Crippen LogP contribution in [-0.2, 0) is 17.8 Å². The molecule has 0 aromatic carbocycles. The number of likely N-dealkylation sites (tertiary alicyclic amines) is 1. The van der Waals surface area contributed by atoms with Crippen molar-refractivity contribution in [2.45, 2.75) is 32.7 Å². The molecule has 0 spiro atoms. The number of piperidine rings is 1. The number of hydrogen-bond acceptors (Lipinski definition) is 4. The van der Waals surface area contributed by atoms with E-state index in [2.05, 4.69) is 22.0 Å². The molecule has 6 nitrogen and oxygen atoms in total. The molecule has 0 atom stereocenters. The quantitative estimate of drug-likeness (QED) is 0.795. The third kappa shape index (κ3) is 2.61. The summed E-state index contributed by atoms with van der Waals surface area (Å²) in [4.78, 5) is 21.6. The van der Waals surface area contributed by atoms with Gasteiger partial charge in [0.25, 0.3) is 0 Å². The van der Waals surface area contributed by atoms with Gasteiger partial charge in [-0.25, -0.2) is 9.50 Å². The van der Waals surface area contributed by atoms with Gasteiger partial charge < -0.3 is 9.80 Å². The van der Waals surface area contributed by atoms with Gasteiger partial charge in [-0.15, -0.1) is 0 Å². The van der Waals surface area contributed by atoms with E-state index in [1.807, 2.05) is 28.6 Å². The molecule has 0 aliphatic carbocycles. The lowest BCUT2D eigenvalue weighted by atomic mass is 9.94. The minimum absolute atomic E-state index is 0.191. The van der Waals surface area contributed by atoms with Gasteiger partial charge in [-0.05, 0) is 39.9 Å². The van der Waals surface area contributed by atoms with Crippen molar-refractivity contribution in [1.82, 2.24) is 24.4 Å². The van der Waals surface area contributed by atoms with Crippen molar-refractivity contribution >= 4 is 11.6 Å². The molecular weight excluding hydrogens is 290 g/mol. The maximum absolute atomic E-state index is 12.8. The van der Waals surface area contributed by atoms with Crippen LogP contribution in [0.15, 0.2) is 12.3 Å². The molecule has 1 saturated heterocycles. The molecule has 1 fully saturated rings. The van der Waals surface area contributed by atoms with Gasteiger partial charge >= 0.3 is 0 Å². The van der Waals surface area contributed by atoms with Gasteiger partial charge in [-0.3, -0.25) is 4.79 Å². The van der Waals surface area contributed by atoms with E-state index in [4.69, 9.17) is 0 Å². The molecule has 2 aromatic rings. The van der Waals surface area contributed by atoms with Crippen LogP contribution >= 0.6 is 0 Å². The van der Waals surface area contributed by atoms with Gasteiger partial charge in [-0.2, -0.15) is 5.10 Å². The fraction of sp³-hybridized carbons (Fsp3) is 0.588. The topological polar surface area (TPSA) is 53.7 Å². The average Bonchev–Trinajstić information content (AvgIpc) is 2.95. The van der Waals surface area contributed by atoms with E-state index in [9.17, 15) is 4.79 Å². The van der Waals surface area contributed by atoms with Crippen LogP contribution < -0.4 is 0 Å². The van der Waals surface area contributed by atoms with E-state index in [1.165, 1.54) is 5.69 Å². The van der Waals surface area contributed by atoms with E-state index in [0.29, 0.717) is 12.5 Å². The molecule has 4 heterocycles. The van der Waals surface area contributed by atoms with E-state index in [0.717, 1.165) is 55.8 Å². The summed E-state index contributed by atoms with van der Waals surface area (Å²) in [5, 5.41) is 4.54. The molecule has 0 N–H and O–H groups in total. The summed E-state index contributed by atoms with van der Waals surface area (Å²) >= 11 is 0. The lowest BCUT2D eigenvalue weighted by molar-refractivity contribution is -0.138. The molecule has 0 bridgehead atoms. The summed E-state index contributed by atoms with van der Waals surface area (Å²) in [6, 6.07) is 2.00. The van der Waals surface area contributed by atoms with Crippen LogP contribution in [0.3, 0.4) is 0 Å². The molecule has 0 unspecified atom stereocenters. The summed E-state index contributed by atoms with van der Waals surface area (Å²) in [6.07, 6.45) is 4.73. The molecule has 6 heteroatoms. The smallest absolute Gasteiger partial charge is 0.226 e. The Bertz CT molecular complexity index is 745. The summed E-state index contributed by atoms with van der Waals surface area (Å²) in [5.41, 5.74) is 4.22. The highest BCUT2D eigenvalue weighted by atomic mass is 16.2. The molecule has 4 rings (SSSR count). The zero-order chi connectivity index (χ0) is 16.0. The van der Waals surface area contributed by atoms with Crippen LogP contribution in [0, 0.1) is 12.8 Å². The fourth-order valence-electron chi connectivity index (χ4n) is 3.76. The van der Waals surface area contributed by atoms with Gasteiger partial charge in [0.2, 0.25) is 5.91 Å². The molecule has 1 amide bonds. The summed E-state index contributed by atoms with van der Waals surface area (Å²) in [7, 11) is 2.13. The largest absolute Gasteiger partial charge is 0.338 e. The van der Waals surface area contributed by atoms with Gasteiger partial charge in [0.05, 0.1) is 11.4 Å². The summed E-state index contributed by atoms with van der Waals surface area (Å²) in [5.74, 6) is 0.511. The second-order valence-electron chi connectivity index (χ2n) is 6.87. The Balaban J connectivity index is 1.54. The second kappa shape index (κ2) is 5.60. The minimum Gasteiger partial charge on any atom is -0.338 e. The lowest BCUT2D eigenvalue weighted by Gasteiger charge is -2.34. The first-order valence-corrected chi connectivity index (χ1v) is 8.42. The Labute approximate surface area is 136 Å². The molecule has 23 heavy (non-hydrogen) atoms. The number of aromatic nitrogens is 3. The van der Waals surface area contributed by atoms with Crippen molar-refractivity contribution in [3.8, 4) is 0 Å². The number of amides is 1. The SMILES string of the molecule is Cc1cc2ncc3c(n2n1)CCN(C(=O)C1CCN(C)CC1)C3. The number of fused-ring (bicyclic) bond motifs is 3. The Kier molecular flexibility index (Phi) is 3.56. The normalized spacial score (nSPS) is 20.0. The predicted octanol–water partition coefficient (Wildman–Crippen LogP) is 1.26. The molecule has 0 radical (unpaired) electrons. The third-order valence-corrected chi connectivity index (χ3v) is 5.15. The van der Waals surface area contributed by atoms with Crippen molar-refractivity contribution in [2.24, 2.45) is 5.92 Å². The first-order chi connectivity index (χ1) is 11.1. The predicted molar refractivity (Wildman–Crippen MR) is 87.1 cm³/mol. The number of nitrogens with zero attached hydrogens (tertiary/aromatic N) is 5. The van der Waals surface area contributed by atoms with Crippen LogP contribution in [0.5, 0.6) is 0 Å². The van der Waals surface area contributed by atoms with E-state index in [1.54, 1.807) is 0 Å². The number of carbonyl (C=O) groups excluding carboxylic acids is 1. The highest BCUT2D eigenvalue weighted by Gasteiger charge is 2.30. The molecule has 0 saturated carbocycles. The zero-order valence-corrected chi connectivity index (χ0v) is 13.8. The van der Waals surface area contributed by atoms with Gasteiger partial charge in [0.15, 0.2) is 5.65 Å². The summed E-state index contributed by atoms with van der Waals surface area (Å²) in [6.45, 7) is 5.49. The summed E-state index contributed by atoms with van der Waals surface area (Å²) < 4.78 is 1.95. The lowest BCUT2D eigenvalue weighted by Crippen LogP contribution is -2.43. The van der Waals surface area contributed by atoms with Gasteiger partial charge in [0.1, 0.15) is 0 Å². The van der Waals surface area contributed by atoms with Crippen molar-refractivity contribution in [1.29, 1.82) is 0 Å². The number of rotatable bonds is 1. The van der Waals surface area contributed by atoms with E-state index >= 15 is 0 Å². The molecule has 2 aliphatic heterocycles. The van der Waals surface area contributed by atoms with Crippen LogP contribution in [0.25, 0.3) is 5.65 Å². The van der Waals surface area contributed by atoms with E-state index < -0.39 is 0 Å². The Morgan fingerprint density at radius 2 is 2.04 bits per heavy atom. The van der Waals surface area contributed by atoms with Crippen molar-refractivity contribution < 1.29 is 4.79 Å². The van der Waals surface area contributed by atoms with E-state index in [-0.39, 0.29) is 5.92 Å². The molecular formula is C17H23N5O. The van der Waals surface area contributed by atoms with Crippen molar-refractivity contribution in [3.63, 3.8) is 0 Å². The highest BCUT2D eigenvalue weighted by molar-refractivity contribution is 5.79. The third-order valence-electron chi connectivity index (χ3n) is 5.15. The van der Waals surface area contributed by atoms with Crippen molar-refractivity contribution in [3.05, 3.63) is 29.2 Å². The standard InChI is InChI=1S/C17H23N5O/c1-12-9-16-18-10-14-11-21(8-5-15(14)22(16)19-12)17(23)13-3-6-20(2)7-4-13/h9-10,13H,3-8,11H2,1-2H3. The van der Waals surface area contributed by atoms with Crippen LogP contribution in [-0.4, -0.2) is 57.0 Å². The number of aryl methyl sites for hydroxylation is 1. The maximum atomic E-state index is 12.8. The van der Waals surface area contributed by atoms with Gasteiger partial charge in [-0.1, -0.05) is 0 Å². The number of carbonyl (C=O) groups is 1. The minimum atomic E-state index is 0.191. The number of hydrogen-bond donors (Lipinski definition) is 0.